The van der Waals surface area contributed by atoms with Crippen molar-refractivity contribution in [2.24, 2.45) is 0 Å². The van der Waals surface area contributed by atoms with Crippen LogP contribution in [0.4, 0.5) is 5.69 Å². The van der Waals surface area contributed by atoms with Crippen LogP contribution in [0.25, 0.3) is 0 Å². The number of fused-ring (bicyclic) bond motifs is 5. The van der Waals surface area contributed by atoms with Crippen molar-refractivity contribution in [2.75, 3.05) is 38.1 Å². The van der Waals surface area contributed by atoms with Crippen molar-refractivity contribution in [3.63, 3.8) is 0 Å². The molecule has 6 rings (SSSR count). The fourth-order valence-corrected chi connectivity index (χ4v) is 5.20. The molecule has 36 heavy (non-hydrogen) atoms. The van der Waals surface area contributed by atoms with Gasteiger partial charge in [0.15, 0.2) is 11.5 Å². The second-order valence-electron chi connectivity index (χ2n) is 8.96. The number of hydrogen-bond donors (Lipinski definition) is 1. The Morgan fingerprint density at radius 3 is 2.69 bits per heavy atom. The minimum Gasteiger partial charge on any atom is -0.491 e. The number of nitrogens with zero attached hydrogens (tertiary/aromatic N) is 1. The molecular weight excluding hydrogens is 460 g/mol. The van der Waals surface area contributed by atoms with E-state index in [0.29, 0.717) is 49.1 Å². The first kappa shape index (κ1) is 22.4. The summed E-state index contributed by atoms with van der Waals surface area (Å²) in [7, 11) is 0. The lowest BCUT2D eigenvalue weighted by Crippen LogP contribution is -2.42. The Bertz CT molecular complexity index is 1360. The largest absolute Gasteiger partial charge is 0.491 e. The number of nitrogens with one attached hydrogen (secondary N) is 1. The second kappa shape index (κ2) is 8.87. The average molecular weight is 487 g/mol. The quantitative estimate of drug-likeness (QED) is 0.515. The highest BCUT2D eigenvalue weighted by atomic mass is 16.7. The third-order valence-electron chi connectivity index (χ3n) is 6.91. The van der Waals surface area contributed by atoms with Crippen molar-refractivity contribution in [2.45, 2.75) is 18.9 Å². The maximum atomic E-state index is 14.2. The third kappa shape index (κ3) is 3.48. The van der Waals surface area contributed by atoms with Gasteiger partial charge in [0.05, 0.1) is 13.2 Å². The smallest absolute Gasteiger partial charge is 0.251 e. The van der Waals surface area contributed by atoms with Gasteiger partial charge < -0.3 is 29.2 Å². The van der Waals surface area contributed by atoms with E-state index in [9.17, 15) is 9.59 Å². The summed E-state index contributed by atoms with van der Waals surface area (Å²) in [4.78, 5) is 28.5. The zero-order valence-corrected chi connectivity index (χ0v) is 19.9. The van der Waals surface area contributed by atoms with Gasteiger partial charge in [-0.05, 0) is 42.3 Å². The van der Waals surface area contributed by atoms with Crippen molar-refractivity contribution >= 4 is 17.5 Å². The molecule has 2 amide bonds. The number of ether oxygens (including phenoxy) is 4. The molecule has 0 saturated carbocycles. The molecule has 184 valence electrons. The summed E-state index contributed by atoms with van der Waals surface area (Å²) in [5.41, 5.74) is 2.97. The van der Waals surface area contributed by atoms with E-state index < -0.39 is 5.41 Å². The minimum atomic E-state index is -0.957. The van der Waals surface area contributed by atoms with Crippen LogP contribution in [0.1, 0.15) is 34.0 Å². The molecule has 0 bridgehead atoms. The maximum Gasteiger partial charge on any atom is 0.251 e. The molecule has 0 fully saturated rings. The van der Waals surface area contributed by atoms with Crippen LogP contribution in [0.15, 0.2) is 60.7 Å². The Morgan fingerprint density at radius 2 is 1.83 bits per heavy atom. The number of anilines is 1. The van der Waals surface area contributed by atoms with Crippen LogP contribution in [0.5, 0.6) is 17.2 Å². The molecule has 3 aromatic carbocycles. The van der Waals surface area contributed by atoms with E-state index in [2.05, 4.69) is 5.32 Å². The molecule has 3 aromatic rings. The van der Waals surface area contributed by atoms with Gasteiger partial charge in [0.25, 0.3) is 5.91 Å². The maximum absolute atomic E-state index is 14.2. The highest BCUT2D eigenvalue weighted by molar-refractivity contribution is 6.11. The topological polar surface area (TPSA) is 86.3 Å². The molecule has 0 aromatic heterocycles. The van der Waals surface area contributed by atoms with E-state index in [-0.39, 0.29) is 25.2 Å². The van der Waals surface area contributed by atoms with Gasteiger partial charge in [-0.2, -0.15) is 0 Å². The van der Waals surface area contributed by atoms with Crippen molar-refractivity contribution < 1.29 is 28.5 Å². The summed E-state index contributed by atoms with van der Waals surface area (Å²) >= 11 is 0. The molecule has 1 unspecified atom stereocenters. The summed E-state index contributed by atoms with van der Waals surface area (Å²) in [5.74, 6) is 1.64. The molecule has 0 saturated heterocycles. The van der Waals surface area contributed by atoms with Gasteiger partial charge in [0, 0.05) is 36.0 Å². The Kier molecular flexibility index (Phi) is 5.53. The Labute approximate surface area is 208 Å². The molecule has 1 spiro atoms. The van der Waals surface area contributed by atoms with Crippen molar-refractivity contribution in [1.29, 1.82) is 0 Å². The minimum absolute atomic E-state index is 0.0621. The first-order valence-electron chi connectivity index (χ1n) is 12.0. The number of amides is 2. The predicted molar refractivity (Wildman–Crippen MR) is 132 cm³/mol. The lowest BCUT2D eigenvalue weighted by molar-refractivity contribution is -0.122. The molecule has 1 atom stereocenters. The third-order valence-corrected chi connectivity index (χ3v) is 6.91. The molecule has 8 heteroatoms. The number of carbonyl (C=O) groups excluding carboxylic acids is 2. The van der Waals surface area contributed by atoms with Crippen LogP contribution in [-0.2, 0) is 21.5 Å². The van der Waals surface area contributed by atoms with E-state index in [1.807, 2.05) is 55.5 Å². The Morgan fingerprint density at radius 1 is 1.00 bits per heavy atom. The standard InChI is InChI=1S/C28H26N2O6/c1-2-33-11-10-29-26(31)19-7-5-6-18(12-19)15-30-22-9-4-3-8-20(22)28(27(30)32)16-34-23-14-25-24(13-21(23)28)35-17-36-25/h3-9,12-14H,2,10-11,15-17H2,1H3,(H,29,31). The fraction of sp³-hybridized carbons (Fsp3) is 0.286. The lowest BCUT2D eigenvalue weighted by atomic mass is 9.77. The van der Waals surface area contributed by atoms with Gasteiger partial charge in [0.1, 0.15) is 17.8 Å². The Hall–Kier alpha value is -4.04. The zero-order chi connectivity index (χ0) is 24.7. The van der Waals surface area contributed by atoms with Gasteiger partial charge in [0.2, 0.25) is 12.7 Å². The number of carbonyl (C=O) groups is 2. The van der Waals surface area contributed by atoms with E-state index >= 15 is 0 Å². The van der Waals surface area contributed by atoms with Crippen LogP contribution in [0.2, 0.25) is 0 Å². The van der Waals surface area contributed by atoms with Crippen molar-refractivity contribution in [3.8, 4) is 17.2 Å². The lowest BCUT2D eigenvalue weighted by Gasteiger charge is -2.23. The molecule has 3 aliphatic heterocycles. The molecular formula is C28H26N2O6. The van der Waals surface area contributed by atoms with Crippen LogP contribution in [-0.4, -0.2) is 45.0 Å². The first-order valence-corrected chi connectivity index (χ1v) is 12.0. The van der Waals surface area contributed by atoms with Crippen LogP contribution >= 0.6 is 0 Å². The van der Waals surface area contributed by atoms with Crippen LogP contribution < -0.4 is 24.4 Å². The molecule has 0 radical (unpaired) electrons. The summed E-state index contributed by atoms with van der Waals surface area (Å²) < 4.78 is 22.4. The zero-order valence-electron chi connectivity index (χ0n) is 19.9. The van der Waals surface area contributed by atoms with Crippen LogP contribution in [0.3, 0.4) is 0 Å². The number of hydrogen-bond acceptors (Lipinski definition) is 6. The summed E-state index contributed by atoms with van der Waals surface area (Å²) in [5, 5.41) is 2.87. The van der Waals surface area contributed by atoms with E-state index in [1.54, 1.807) is 17.0 Å². The summed E-state index contributed by atoms with van der Waals surface area (Å²) in [6.45, 7) is 4.12. The number of rotatable bonds is 7. The summed E-state index contributed by atoms with van der Waals surface area (Å²) in [6.07, 6.45) is 0. The fourth-order valence-electron chi connectivity index (χ4n) is 5.20. The van der Waals surface area contributed by atoms with Crippen molar-refractivity contribution in [1.82, 2.24) is 5.32 Å². The van der Waals surface area contributed by atoms with Gasteiger partial charge in [-0.3, -0.25) is 9.59 Å². The normalized spacial score (nSPS) is 18.8. The average Bonchev–Trinajstić information content (AvgIpc) is 3.58. The molecule has 1 N–H and O–H groups in total. The van der Waals surface area contributed by atoms with E-state index in [0.717, 1.165) is 22.4 Å². The summed E-state index contributed by atoms with van der Waals surface area (Å²) in [6, 6.07) is 18.8. The highest BCUT2D eigenvalue weighted by Gasteiger charge is 2.57. The van der Waals surface area contributed by atoms with Gasteiger partial charge >= 0.3 is 0 Å². The van der Waals surface area contributed by atoms with Gasteiger partial charge in [-0.15, -0.1) is 0 Å². The number of benzene rings is 3. The molecule has 0 aliphatic carbocycles. The highest BCUT2D eigenvalue weighted by Crippen LogP contribution is 2.55. The molecule has 3 aliphatic rings. The van der Waals surface area contributed by atoms with Crippen LogP contribution in [0, 0.1) is 0 Å². The van der Waals surface area contributed by atoms with Gasteiger partial charge in [-0.1, -0.05) is 30.3 Å². The van der Waals surface area contributed by atoms with E-state index in [4.69, 9.17) is 18.9 Å². The molecule has 8 nitrogen and oxygen atoms in total. The molecule has 3 heterocycles. The first-order chi connectivity index (χ1) is 17.6. The SMILES string of the molecule is CCOCCNC(=O)c1cccc(CN2C(=O)C3(COc4cc5c(cc43)OCO5)c3ccccc32)c1. The Balaban J connectivity index is 1.31. The monoisotopic (exact) mass is 486 g/mol. The number of para-hydroxylation sites is 1. The second-order valence-corrected chi connectivity index (χ2v) is 8.96. The van der Waals surface area contributed by atoms with Gasteiger partial charge in [-0.25, -0.2) is 0 Å². The van der Waals surface area contributed by atoms with Crippen molar-refractivity contribution in [3.05, 3.63) is 82.9 Å². The van der Waals surface area contributed by atoms with E-state index in [1.165, 1.54) is 0 Å². The predicted octanol–water partition coefficient (Wildman–Crippen LogP) is 3.41.